The largest absolute Gasteiger partial charge is 0.481 e. The maximum atomic E-state index is 13.2. The topological polar surface area (TPSA) is 115 Å². The van der Waals surface area contributed by atoms with E-state index in [0.717, 1.165) is 31.3 Å². The van der Waals surface area contributed by atoms with E-state index in [0.29, 0.717) is 29.6 Å². The van der Waals surface area contributed by atoms with Crippen molar-refractivity contribution in [2.24, 2.45) is 56.7 Å². The molecule has 5 aliphatic carbocycles. The Hall–Kier alpha value is -1.40. The molecule has 36 heavy (non-hydrogen) atoms. The number of carboxylic acid groups (broad SMARTS) is 2. The van der Waals surface area contributed by atoms with Crippen LogP contribution in [0.4, 0.5) is 0 Å². The summed E-state index contributed by atoms with van der Waals surface area (Å²) in [4.78, 5) is 25.7. The Morgan fingerprint density at radius 3 is 2.11 bits per heavy atom. The number of rotatable bonds is 3. The Kier molecular flexibility index (Phi) is 5.69. The highest BCUT2D eigenvalue weighted by molar-refractivity contribution is 5.84. The molecule has 202 valence electrons. The molecule has 6 heteroatoms. The number of fused-ring (bicyclic) bond motifs is 7. The lowest BCUT2D eigenvalue weighted by atomic mass is 9.35. The van der Waals surface area contributed by atoms with E-state index in [2.05, 4.69) is 40.7 Å². The van der Waals surface area contributed by atoms with Crippen LogP contribution in [0.1, 0.15) is 92.9 Å². The first-order valence-electron chi connectivity index (χ1n) is 14.2. The van der Waals surface area contributed by atoms with Crippen LogP contribution in [0, 0.1) is 56.7 Å². The minimum Gasteiger partial charge on any atom is -0.481 e. The maximum absolute atomic E-state index is 13.2. The Bertz CT molecular complexity index is 1000. The van der Waals surface area contributed by atoms with Gasteiger partial charge in [-0.05, 0) is 104 Å². The van der Waals surface area contributed by atoms with Gasteiger partial charge in [-0.25, -0.2) is 0 Å². The number of carboxylic acids is 2. The highest BCUT2D eigenvalue weighted by Crippen LogP contribution is 2.76. The zero-order valence-corrected chi connectivity index (χ0v) is 22.9. The fraction of sp³-hybridized carbons (Fsp3) is 0.867. The first-order chi connectivity index (χ1) is 16.6. The van der Waals surface area contributed by atoms with Crippen LogP contribution < -0.4 is 0 Å². The van der Waals surface area contributed by atoms with Crippen molar-refractivity contribution in [3.05, 3.63) is 11.6 Å². The van der Waals surface area contributed by atoms with E-state index in [1.54, 1.807) is 0 Å². The summed E-state index contributed by atoms with van der Waals surface area (Å²) in [5, 5.41) is 42.7. The van der Waals surface area contributed by atoms with Gasteiger partial charge in [0.2, 0.25) is 0 Å². The molecule has 0 aromatic heterocycles. The third-order valence-electron chi connectivity index (χ3n) is 13.3. The monoisotopic (exact) mass is 502 g/mol. The molecule has 0 aromatic carbocycles. The van der Waals surface area contributed by atoms with E-state index < -0.39 is 40.9 Å². The summed E-state index contributed by atoms with van der Waals surface area (Å²) in [6, 6.07) is 0. The molecule has 5 aliphatic rings. The Morgan fingerprint density at radius 2 is 1.53 bits per heavy atom. The molecule has 0 bridgehead atoms. The van der Waals surface area contributed by atoms with Crippen LogP contribution in [-0.4, -0.2) is 44.6 Å². The Labute approximate surface area is 215 Å². The zero-order chi connectivity index (χ0) is 26.6. The van der Waals surface area contributed by atoms with Crippen molar-refractivity contribution < 1.29 is 30.0 Å². The molecule has 0 saturated heterocycles. The second kappa shape index (κ2) is 7.81. The van der Waals surface area contributed by atoms with Crippen molar-refractivity contribution >= 4 is 11.9 Å². The van der Waals surface area contributed by atoms with Crippen molar-refractivity contribution in [2.45, 2.75) is 105 Å². The van der Waals surface area contributed by atoms with Gasteiger partial charge < -0.3 is 20.4 Å². The maximum Gasteiger partial charge on any atom is 0.314 e. The number of aliphatic carboxylic acids is 2. The van der Waals surface area contributed by atoms with E-state index in [1.807, 2.05) is 0 Å². The van der Waals surface area contributed by atoms with Crippen LogP contribution in [0.2, 0.25) is 0 Å². The molecule has 11 atom stereocenters. The van der Waals surface area contributed by atoms with Gasteiger partial charge in [0.05, 0.1) is 23.0 Å². The van der Waals surface area contributed by atoms with Gasteiger partial charge in [-0.15, -0.1) is 0 Å². The van der Waals surface area contributed by atoms with Crippen LogP contribution in [0.3, 0.4) is 0 Å². The van der Waals surface area contributed by atoms with Crippen molar-refractivity contribution in [1.29, 1.82) is 0 Å². The minimum absolute atomic E-state index is 0.0479. The van der Waals surface area contributed by atoms with Crippen molar-refractivity contribution in [3.8, 4) is 0 Å². The molecule has 0 amide bonds. The molecule has 4 N–H and O–H groups in total. The number of hydrogen-bond donors (Lipinski definition) is 4. The highest BCUT2D eigenvalue weighted by atomic mass is 16.4. The molecule has 0 heterocycles. The lowest BCUT2D eigenvalue weighted by molar-refractivity contribution is -0.214. The number of hydrogen-bond acceptors (Lipinski definition) is 4. The zero-order valence-electron chi connectivity index (χ0n) is 22.9. The molecule has 5 rings (SSSR count). The lowest BCUT2D eigenvalue weighted by Gasteiger charge is -2.68. The SMILES string of the molecule is CC(C)[C@H]1CCC2[C@]1(C)CC[C@]1(C)C3CCC4[C@](C(=O)O)(C[C@@H](O)[C@H](O)[C@@]4(C)C(=O)O)C3=CC[C@@]21C. The van der Waals surface area contributed by atoms with Crippen LogP contribution in [0.25, 0.3) is 0 Å². The van der Waals surface area contributed by atoms with Gasteiger partial charge in [-0.3, -0.25) is 9.59 Å². The standard InChI is InChI=1S/C30H46O6/c1-16(2)17-7-9-21-26(17,3)13-14-27(4)18-8-10-22-29(6,24(33)34)23(32)20(31)15-30(22,25(35)36)19(18)11-12-28(21,27)5/h11,16-18,20-23,31-32H,7-10,12-15H2,1-6H3,(H,33,34)(H,35,36)/t17-,18?,20-,21?,22?,23+,26-,27-,28+,29+,30+/m1/s1. The number of aliphatic hydroxyl groups is 2. The highest BCUT2D eigenvalue weighted by Gasteiger charge is 2.73. The second-order valence-corrected chi connectivity index (χ2v) is 14.4. The Morgan fingerprint density at radius 1 is 0.889 bits per heavy atom. The van der Waals surface area contributed by atoms with Gasteiger partial charge >= 0.3 is 11.9 Å². The van der Waals surface area contributed by atoms with E-state index in [4.69, 9.17) is 0 Å². The minimum atomic E-state index is -1.72. The Balaban J connectivity index is 1.64. The fourth-order valence-electron chi connectivity index (χ4n) is 11.2. The lowest BCUT2D eigenvalue weighted by Crippen LogP contribution is -2.68. The molecule has 4 saturated carbocycles. The summed E-state index contributed by atoms with van der Waals surface area (Å²) in [5.41, 5.74) is -2.08. The molecule has 3 unspecified atom stereocenters. The third-order valence-corrected chi connectivity index (χ3v) is 13.3. The van der Waals surface area contributed by atoms with Crippen LogP contribution in [-0.2, 0) is 9.59 Å². The smallest absolute Gasteiger partial charge is 0.314 e. The average molecular weight is 503 g/mol. The van der Waals surface area contributed by atoms with Crippen molar-refractivity contribution in [3.63, 3.8) is 0 Å². The van der Waals surface area contributed by atoms with E-state index in [9.17, 15) is 30.0 Å². The second-order valence-electron chi connectivity index (χ2n) is 14.4. The van der Waals surface area contributed by atoms with Gasteiger partial charge in [0.15, 0.2) is 0 Å². The van der Waals surface area contributed by atoms with Gasteiger partial charge in [0, 0.05) is 0 Å². The molecular formula is C30H46O6. The van der Waals surface area contributed by atoms with E-state index in [1.165, 1.54) is 19.8 Å². The number of allylic oxidation sites excluding steroid dienone is 1. The molecule has 0 radical (unpaired) electrons. The predicted octanol–water partition coefficient (Wildman–Crippen LogP) is 5.13. The summed E-state index contributed by atoms with van der Waals surface area (Å²) in [6.45, 7) is 13.5. The van der Waals surface area contributed by atoms with Gasteiger partial charge in [0.25, 0.3) is 0 Å². The van der Waals surface area contributed by atoms with Gasteiger partial charge in [0.1, 0.15) is 0 Å². The summed E-state index contributed by atoms with van der Waals surface area (Å²) in [6.07, 6.45) is 5.79. The molecule has 0 aliphatic heterocycles. The first-order valence-corrected chi connectivity index (χ1v) is 14.2. The summed E-state index contributed by atoms with van der Waals surface area (Å²) >= 11 is 0. The predicted molar refractivity (Wildman–Crippen MR) is 136 cm³/mol. The first kappa shape index (κ1) is 26.2. The third kappa shape index (κ3) is 2.81. The van der Waals surface area contributed by atoms with Gasteiger partial charge in [-0.2, -0.15) is 0 Å². The van der Waals surface area contributed by atoms with Crippen LogP contribution >= 0.6 is 0 Å². The molecule has 6 nitrogen and oxygen atoms in total. The summed E-state index contributed by atoms with van der Waals surface area (Å²) in [5.74, 6) is -1.05. The summed E-state index contributed by atoms with van der Waals surface area (Å²) < 4.78 is 0. The molecule has 0 aromatic rings. The van der Waals surface area contributed by atoms with Crippen molar-refractivity contribution in [2.75, 3.05) is 0 Å². The molecular weight excluding hydrogens is 456 g/mol. The molecule has 0 spiro atoms. The van der Waals surface area contributed by atoms with E-state index in [-0.39, 0.29) is 23.2 Å². The van der Waals surface area contributed by atoms with E-state index >= 15 is 0 Å². The number of carbonyl (C=O) groups is 2. The van der Waals surface area contributed by atoms with Crippen LogP contribution in [0.5, 0.6) is 0 Å². The van der Waals surface area contributed by atoms with Crippen molar-refractivity contribution in [1.82, 2.24) is 0 Å². The fourth-order valence-corrected chi connectivity index (χ4v) is 11.2. The average Bonchev–Trinajstić information content (AvgIpc) is 3.16. The number of aliphatic hydroxyl groups excluding tert-OH is 2. The van der Waals surface area contributed by atoms with Gasteiger partial charge in [-0.1, -0.05) is 46.3 Å². The van der Waals surface area contributed by atoms with Crippen LogP contribution in [0.15, 0.2) is 11.6 Å². The normalized spacial score (nSPS) is 54.1. The summed E-state index contributed by atoms with van der Waals surface area (Å²) in [7, 11) is 0. The molecule has 4 fully saturated rings. The quantitative estimate of drug-likeness (QED) is 0.398.